The summed E-state index contributed by atoms with van der Waals surface area (Å²) in [5.41, 5.74) is 19.8. The molecule has 2 aliphatic carbocycles. The van der Waals surface area contributed by atoms with Crippen LogP contribution in [0.1, 0.15) is 22.3 Å². The lowest BCUT2D eigenvalue weighted by molar-refractivity contribution is 0.669. The number of para-hydroxylation sites is 2. The third-order valence-corrected chi connectivity index (χ3v) is 12.9. The van der Waals surface area contributed by atoms with Crippen molar-refractivity contribution < 1.29 is 4.42 Å². The molecule has 0 fully saturated rings. The molecule has 0 saturated heterocycles. The number of fused-ring (bicyclic) bond motifs is 16. The highest BCUT2D eigenvalue weighted by atomic mass is 16.3. The van der Waals surface area contributed by atoms with Crippen molar-refractivity contribution in [3.05, 3.63) is 222 Å². The quantitative estimate of drug-likeness (QED) is 0.169. The van der Waals surface area contributed by atoms with Gasteiger partial charge in [-0.1, -0.05) is 176 Å². The predicted octanol–water partition coefficient (Wildman–Crippen LogP) is 14.6. The lowest BCUT2D eigenvalue weighted by Gasteiger charge is -2.30. The summed E-state index contributed by atoms with van der Waals surface area (Å²) in [6.45, 7) is 0. The highest BCUT2D eigenvalue weighted by Crippen LogP contribution is 2.63. The maximum atomic E-state index is 6.66. The van der Waals surface area contributed by atoms with Gasteiger partial charge < -0.3 is 4.42 Å². The molecule has 0 bridgehead atoms. The zero-order valence-electron chi connectivity index (χ0n) is 31.4. The smallest absolute Gasteiger partial charge is 0.136 e. The van der Waals surface area contributed by atoms with E-state index in [9.17, 15) is 0 Å². The highest BCUT2D eigenvalue weighted by Gasteiger charge is 2.51. The fraction of sp³-hybridized carbons (Fsp3) is 0.0179. The molecule has 2 aromatic heterocycles. The average molecular weight is 736 g/mol. The minimum absolute atomic E-state index is 0.377. The predicted molar refractivity (Wildman–Crippen MR) is 239 cm³/mol. The Morgan fingerprint density at radius 1 is 0.345 bits per heavy atom. The molecule has 58 heavy (non-hydrogen) atoms. The number of benzene rings is 9. The molecule has 2 aliphatic rings. The number of hydrogen-bond donors (Lipinski definition) is 0. The first kappa shape index (κ1) is 31.6. The minimum Gasteiger partial charge on any atom is -0.456 e. The van der Waals surface area contributed by atoms with Gasteiger partial charge in [-0.05, 0) is 85.5 Å². The van der Waals surface area contributed by atoms with E-state index in [1.54, 1.807) is 0 Å². The van der Waals surface area contributed by atoms with Gasteiger partial charge in [0.25, 0.3) is 0 Å². The Balaban J connectivity index is 1.05. The summed E-state index contributed by atoms with van der Waals surface area (Å²) in [6, 6.07) is 73.1. The molecule has 2 heterocycles. The third kappa shape index (κ3) is 4.13. The number of hydrogen-bond acceptors (Lipinski definition) is 2. The van der Waals surface area contributed by atoms with Crippen LogP contribution in [-0.4, -0.2) is 4.98 Å². The normalized spacial score (nSPS) is 13.3. The van der Waals surface area contributed by atoms with E-state index < -0.39 is 0 Å². The van der Waals surface area contributed by atoms with E-state index in [0.717, 1.165) is 55.0 Å². The second-order valence-corrected chi connectivity index (χ2v) is 15.7. The number of aromatic nitrogens is 1. The highest BCUT2D eigenvalue weighted by molar-refractivity contribution is 6.27. The van der Waals surface area contributed by atoms with Crippen molar-refractivity contribution in [3.8, 4) is 55.8 Å². The molecule has 1 spiro atoms. The Morgan fingerprint density at radius 2 is 0.897 bits per heavy atom. The van der Waals surface area contributed by atoms with Gasteiger partial charge in [0.05, 0.1) is 16.6 Å². The van der Waals surface area contributed by atoms with E-state index >= 15 is 0 Å². The summed E-state index contributed by atoms with van der Waals surface area (Å²) in [5, 5.41) is 5.63. The maximum Gasteiger partial charge on any atom is 0.136 e. The zero-order chi connectivity index (χ0) is 38.0. The second-order valence-electron chi connectivity index (χ2n) is 15.7. The Bertz CT molecular complexity index is 3440. The molecule has 0 aliphatic heterocycles. The van der Waals surface area contributed by atoms with Crippen LogP contribution in [0.15, 0.2) is 205 Å². The molecule has 0 radical (unpaired) electrons. The van der Waals surface area contributed by atoms with E-state index in [4.69, 9.17) is 9.40 Å². The van der Waals surface area contributed by atoms with Crippen LogP contribution in [0, 0.1) is 0 Å². The maximum absolute atomic E-state index is 6.66. The second kappa shape index (κ2) is 11.7. The third-order valence-electron chi connectivity index (χ3n) is 12.9. The molecular weight excluding hydrogens is 703 g/mol. The SMILES string of the molecule is c1ccc(-c2nc3ccccc3c3c(-c4ccc(-c5ccc6c(c5)C5(c7ccccc7-c7ccccc75)c5ccccc5-6)cc4)c4c(cc23)oc2ccccc24)cc1. The molecule has 13 rings (SSSR count). The molecule has 0 unspecified atom stereocenters. The van der Waals surface area contributed by atoms with Crippen molar-refractivity contribution in [2.75, 3.05) is 0 Å². The molecule has 2 heteroatoms. The lowest BCUT2D eigenvalue weighted by Crippen LogP contribution is -2.25. The first-order valence-corrected chi connectivity index (χ1v) is 20.0. The average Bonchev–Trinajstić information content (AvgIpc) is 3.92. The summed E-state index contributed by atoms with van der Waals surface area (Å²) in [5.74, 6) is 0. The molecule has 268 valence electrons. The molecular formula is C56H33NO. The van der Waals surface area contributed by atoms with Crippen LogP contribution >= 0.6 is 0 Å². The van der Waals surface area contributed by atoms with Gasteiger partial charge in [-0.15, -0.1) is 0 Å². The molecule has 0 saturated carbocycles. The number of furan rings is 1. The van der Waals surface area contributed by atoms with E-state index in [1.807, 2.05) is 6.07 Å². The lowest BCUT2D eigenvalue weighted by atomic mass is 9.70. The first-order valence-electron chi connectivity index (χ1n) is 20.0. The van der Waals surface area contributed by atoms with Gasteiger partial charge in [0.1, 0.15) is 11.2 Å². The van der Waals surface area contributed by atoms with E-state index in [2.05, 4.69) is 194 Å². The fourth-order valence-electron chi connectivity index (χ4n) is 10.5. The summed E-state index contributed by atoms with van der Waals surface area (Å²) >= 11 is 0. The standard InChI is InChI=1S/C56H33NO/c1-2-14-36(15-3-1)55-44-33-51-54(43-20-8-13-25-50(43)58-51)52(53(44)42-19-7-12-24-49(42)57-55)35-28-26-34(27-29-35)37-30-31-41-40-18-6-11-23-47(40)56(48(41)32-37)45-21-9-4-16-38(45)39-17-5-10-22-46(39)56/h1-33H. The van der Waals surface area contributed by atoms with E-state index in [0.29, 0.717) is 0 Å². The van der Waals surface area contributed by atoms with Gasteiger partial charge in [-0.25, -0.2) is 4.98 Å². The van der Waals surface area contributed by atoms with Gasteiger partial charge in [0, 0.05) is 38.1 Å². The minimum atomic E-state index is -0.377. The molecule has 0 amide bonds. The van der Waals surface area contributed by atoms with Crippen molar-refractivity contribution in [1.82, 2.24) is 4.98 Å². The van der Waals surface area contributed by atoms with Crippen molar-refractivity contribution >= 4 is 43.6 Å². The topological polar surface area (TPSA) is 26.0 Å². The van der Waals surface area contributed by atoms with Crippen LogP contribution < -0.4 is 0 Å². The van der Waals surface area contributed by atoms with Gasteiger partial charge in [0.15, 0.2) is 0 Å². The van der Waals surface area contributed by atoms with Crippen molar-refractivity contribution in [1.29, 1.82) is 0 Å². The molecule has 11 aromatic rings. The summed E-state index contributed by atoms with van der Waals surface area (Å²) in [7, 11) is 0. The first-order chi connectivity index (χ1) is 28.8. The molecule has 2 nitrogen and oxygen atoms in total. The Hall–Kier alpha value is -7.55. The molecule has 0 N–H and O–H groups in total. The monoisotopic (exact) mass is 735 g/mol. The van der Waals surface area contributed by atoms with Crippen LogP contribution in [0.5, 0.6) is 0 Å². The molecule has 9 aromatic carbocycles. The van der Waals surface area contributed by atoms with Gasteiger partial charge in [-0.2, -0.15) is 0 Å². The zero-order valence-corrected chi connectivity index (χ0v) is 31.4. The van der Waals surface area contributed by atoms with Crippen molar-refractivity contribution in [2.45, 2.75) is 5.41 Å². The summed E-state index contributed by atoms with van der Waals surface area (Å²) < 4.78 is 6.66. The number of nitrogens with zero attached hydrogens (tertiary/aromatic N) is 1. The van der Waals surface area contributed by atoms with Crippen LogP contribution in [0.4, 0.5) is 0 Å². The largest absolute Gasteiger partial charge is 0.456 e. The summed E-state index contributed by atoms with van der Waals surface area (Å²) in [6.07, 6.45) is 0. The molecule has 0 atom stereocenters. The Kier molecular flexibility index (Phi) is 6.40. The van der Waals surface area contributed by atoms with Crippen molar-refractivity contribution in [2.24, 2.45) is 0 Å². The fourth-order valence-corrected chi connectivity index (χ4v) is 10.5. The Morgan fingerprint density at radius 3 is 1.60 bits per heavy atom. The Labute approximate surface area is 335 Å². The van der Waals surface area contributed by atoms with Crippen LogP contribution in [0.25, 0.3) is 99.4 Å². The van der Waals surface area contributed by atoms with Crippen LogP contribution in [-0.2, 0) is 5.41 Å². The number of pyridine rings is 1. The van der Waals surface area contributed by atoms with Crippen LogP contribution in [0.3, 0.4) is 0 Å². The van der Waals surface area contributed by atoms with E-state index in [-0.39, 0.29) is 5.41 Å². The number of rotatable bonds is 3. The van der Waals surface area contributed by atoms with Gasteiger partial charge >= 0.3 is 0 Å². The van der Waals surface area contributed by atoms with Gasteiger partial charge in [-0.3, -0.25) is 0 Å². The van der Waals surface area contributed by atoms with E-state index in [1.165, 1.54) is 66.6 Å². The van der Waals surface area contributed by atoms with Gasteiger partial charge in [0.2, 0.25) is 0 Å². The van der Waals surface area contributed by atoms with Crippen LogP contribution in [0.2, 0.25) is 0 Å². The van der Waals surface area contributed by atoms with Crippen molar-refractivity contribution in [3.63, 3.8) is 0 Å². The summed E-state index contributed by atoms with van der Waals surface area (Å²) in [4.78, 5) is 5.28.